The van der Waals surface area contributed by atoms with Gasteiger partial charge in [0.15, 0.2) is 0 Å². The molecule has 3 aromatic rings. The van der Waals surface area contributed by atoms with E-state index in [0.717, 1.165) is 27.9 Å². The molecule has 6 heteroatoms. The second-order valence-electron chi connectivity index (χ2n) is 6.40. The zero-order valence-corrected chi connectivity index (χ0v) is 16.1. The van der Waals surface area contributed by atoms with E-state index in [9.17, 15) is 4.79 Å². The zero-order valence-electron chi connectivity index (χ0n) is 15.3. The van der Waals surface area contributed by atoms with Gasteiger partial charge in [0.25, 0.3) is 5.22 Å². The van der Waals surface area contributed by atoms with Gasteiger partial charge in [0.05, 0.1) is 5.75 Å². The Bertz CT molecular complexity index is 930. The van der Waals surface area contributed by atoms with Crippen LogP contribution in [0.3, 0.4) is 0 Å². The lowest BCUT2D eigenvalue weighted by Gasteiger charge is -2.08. The fourth-order valence-electron chi connectivity index (χ4n) is 2.75. The Labute approximate surface area is 157 Å². The number of hydrogen-bond acceptors (Lipinski definition) is 5. The Kier molecular flexibility index (Phi) is 5.42. The molecule has 0 saturated carbocycles. The SMILES string of the molecule is Cc1cc(C)cc(-c2nnc(SCC(=O)Nc3ccc(C)cc3C)o2)c1. The third-order valence-electron chi connectivity index (χ3n) is 3.86. The minimum Gasteiger partial charge on any atom is -0.411 e. The van der Waals surface area contributed by atoms with Gasteiger partial charge in [-0.2, -0.15) is 0 Å². The van der Waals surface area contributed by atoms with Gasteiger partial charge >= 0.3 is 0 Å². The smallest absolute Gasteiger partial charge is 0.277 e. The summed E-state index contributed by atoms with van der Waals surface area (Å²) in [5, 5.41) is 11.4. The first kappa shape index (κ1) is 18.2. The van der Waals surface area contributed by atoms with Crippen LogP contribution in [0.1, 0.15) is 22.3 Å². The molecule has 5 nitrogen and oxygen atoms in total. The highest BCUT2D eigenvalue weighted by Gasteiger charge is 2.12. The van der Waals surface area contributed by atoms with E-state index in [0.29, 0.717) is 11.1 Å². The van der Waals surface area contributed by atoms with E-state index in [1.54, 1.807) is 0 Å². The molecule has 0 aliphatic rings. The number of carbonyl (C=O) groups is 1. The van der Waals surface area contributed by atoms with Gasteiger partial charge < -0.3 is 9.73 Å². The highest BCUT2D eigenvalue weighted by atomic mass is 32.2. The molecule has 0 aliphatic heterocycles. The standard InChI is InChI=1S/C20H21N3O2S/c1-12-5-6-17(15(4)8-12)21-18(24)11-26-20-23-22-19(25-20)16-9-13(2)7-14(3)10-16/h5-10H,11H2,1-4H3,(H,21,24). The highest BCUT2D eigenvalue weighted by molar-refractivity contribution is 7.99. The van der Waals surface area contributed by atoms with Gasteiger partial charge in [-0.3, -0.25) is 4.79 Å². The Hall–Kier alpha value is -2.60. The lowest BCUT2D eigenvalue weighted by atomic mass is 10.1. The maximum absolute atomic E-state index is 12.2. The van der Waals surface area contributed by atoms with Crippen LogP contribution in [-0.4, -0.2) is 21.9 Å². The van der Waals surface area contributed by atoms with Crippen molar-refractivity contribution in [3.8, 4) is 11.5 Å². The summed E-state index contributed by atoms with van der Waals surface area (Å²) in [6.07, 6.45) is 0. The van der Waals surface area contributed by atoms with Gasteiger partial charge in [0, 0.05) is 11.3 Å². The number of anilines is 1. The number of benzene rings is 2. The average Bonchev–Trinajstić information content (AvgIpc) is 3.04. The third kappa shape index (κ3) is 4.52. The summed E-state index contributed by atoms with van der Waals surface area (Å²) in [7, 11) is 0. The van der Waals surface area contributed by atoms with Gasteiger partial charge in [0.2, 0.25) is 11.8 Å². The average molecular weight is 367 g/mol. The van der Waals surface area contributed by atoms with Gasteiger partial charge in [0.1, 0.15) is 0 Å². The number of rotatable bonds is 5. The molecule has 0 atom stereocenters. The van der Waals surface area contributed by atoms with Crippen molar-refractivity contribution >= 4 is 23.4 Å². The molecule has 0 saturated heterocycles. The molecule has 0 unspecified atom stereocenters. The lowest BCUT2D eigenvalue weighted by molar-refractivity contribution is -0.113. The number of hydrogen-bond donors (Lipinski definition) is 1. The van der Waals surface area contributed by atoms with E-state index in [1.165, 1.54) is 17.3 Å². The van der Waals surface area contributed by atoms with E-state index in [-0.39, 0.29) is 11.7 Å². The van der Waals surface area contributed by atoms with Crippen LogP contribution in [0.4, 0.5) is 5.69 Å². The Morgan fingerprint density at radius 3 is 2.42 bits per heavy atom. The number of aromatic nitrogens is 2. The minimum atomic E-state index is -0.104. The second-order valence-corrected chi connectivity index (χ2v) is 7.33. The summed E-state index contributed by atoms with van der Waals surface area (Å²) in [6.45, 7) is 8.06. The minimum absolute atomic E-state index is 0.104. The predicted octanol–water partition coefficient (Wildman–Crippen LogP) is 4.70. The first-order valence-corrected chi connectivity index (χ1v) is 9.31. The summed E-state index contributed by atoms with van der Waals surface area (Å²) in [5.41, 5.74) is 6.20. The van der Waals surface area contributed by atoms with Crippen molar-refractivity contribution in [1.29, 1.82) is 0 Å². The molecule has 1 heterocycles. The molecule has 0 aliphatic carbocycles. The maximum atomic E-state index is 12.2. The molecule has 0 bridgehead atoms. The van der Waals surface area contributed by atoms with Crippen LogP contribution in [0.25, 0.3) is 11.5 Å². The summed E-state index contributed by atoms with van der Waals surface area (Å²) in [4.78, 5) is 12.2. The lowest BCUT2D eigenvalue weighted by Crippen LogP contribution is -2.14. The summed E-state index contributed by atoms with van der Waals surface area (Å²) in [5.74, 6) is 0.573. The molecule has 3 rings (SSSR count). The second kappa shape index (κ2) is 7.74. The molecule has 26 heavy (non-hydrogen) atoms. The monoisotopic (exact) mass is 367 g/mol. The van der Waals surface area contributed by atoms with Crippen molar-refractivity contribution < 1.29 is 9.21 Å². The largest absolute Gasteiger partial charge is 0.411 e. The Morgan fingerprint density at radius 2 is 1.73 bits per heavy atom. The number of amides is 1. The van der Waals surface area contributed by atoms with Crippen molar-refractivity contribution in [2.24, 2.45) is 0 Å². The normalized spacial score (nSPS) is 10.8. The maximum Gasteiger partial charge on any atom is 0.277 e. The molecule has 1 amide bonds. The summed E-state index contributed by atoms with van der Waals surface area (Å²) < 4.78 is 5.68. The quantitative estimate of drug-likeness (QED) is 0.662. The molecule has 1 aromatic heterocycles. The fourth-order valence-corrected chi connectivity index (χ4v) is 3.31. The number of nitrogens with one attached hydrogen (secondary N) is 1. The Morgan fingerprint density at radius 1 is 1.00 bits per heavy atom. The third-order valence-corrected chi connectivity index (χ3v) is 4.68. The van der Waals surface area contributed by atoms with Crippen molar-refractivity contribution in [1.82, 2.24) is 10.2 Å². The van der Waals surface area contributed by atoms with Crippen LogP contribution in [0, 0.1) is 27.7 Å². The van der Waals surface area contributed by atoms with Crippen LogP contribution in [0.2, 0.25) is 0 Å². The van der Waals surface area contributed by atoms with E-state index >= 15 is 0 Å². The molecular formula is C20H21N3O2S. The topological polar surface area (TPSA) is 68.0 Å². The van der Waals surface area contributed by atoms with Crippen molar-refractivity contribution in [3.05, 3.63) is 58.7 Å². The number of aryl methyl sites for hydroxylation is 4. The van der Waals surface area contributed by atoms with E-state index < -0.39 is 0 Å². The molecular weight excluding hydrogens is 346 g/mol. The van der Waals surface area contributed by atoms with Crippen molar-refractivity contribution in [2.45, 2.75) is 32.9 Å². The molecule has 1 N–H and O–H groups in total. The molecule has 0 fully saturated rings. The number of nitrogens with zero attached hydrogens (tertiary/aromatic N) is 2. The molecule has 0 radical (unpaired) electrons. The van der Waals surface area contributed by atoms with Crippen LogP contribution in [-0.2, 0) is 4.79 Å². The van der Waals surface area contributed by atoms with Crippen LogP contribution >= 0.6 is 11.8 Å². The molecule has 2 aromatic carbocycles. The van der Waals surface area contributed by atoms with Gasteiger partial charge in [-0.1, -0.05) is 46.7 Å². The summed E-state index contributed by atoms with van der Waals surface area (Å²) >= 11 is 1.23. The fraction of sp³-hybridized carbons (Fsp3) is 0.250. The number of carbonyl (C=O) groups excluding carboxylic acids is 1. The number of thioether (sulfide) groups is 1. The van der Waals surface area contributed by atoms with Crippen molar-refractivity contribution in [2.75, 3.05) is 11.1 Å². The predicted molar refractivity (Wildman–Crippen MR) is 104 cm³/mol. The van der Waals surface area contributed by atoms with E-state index in [1.807, 2.05) is 58.0 Å². The first-order valence-electron chi connectivity index (χ1n) is 8.33. The molecule has 134 valence electrons. The van der Waals surface area contributed by atoms with Gasteiger partial charge in [-0.15, -0.1) is 10.2 Å². The molecule has 0 spiro atoms. The highest BCUT2D eigenvalue weighted by Crippen LogP contribution is 2.25. The van der Waals surface area contributed by atoms with Crippen LogP contribution in [0.15, 0.2) is 46.0 Å². The Balaban J connectivity index is 1.61. The van der Waals surface area contributed by atoms with Crippen LogP contribution in [0.5, 0.6) is 0 Å². The van der Waals surface area contributed by atoms with E-state index in [4.69, 9.17) is 4.42 Å². The first-order chi connectivity index (χ1) is 12.4. The van der Waals surface area contributed by atoms with Crippen molar-refractivity contribution in [3.63, 3.8) is 0 Å². The van der Waals surface area contributed by atoms with Gasteiger partial charge in [-0.25, -0.2) is 0 Å². The van der Waals surface area contributed by atoms with E-state index in [2.05, 4.69) is 21.6 Å². The van der Waals surface area contributed by atoms with Crippen LogP contribution < -0.4 is 5.32 Å². The zero-order chi connectivity index (χ0) is 18.7. The van der Waals surface area contributed by atoms with Gasteiger partial charge in [-0.05, 0) is 51.5 Å². The summed E-state index contributed by atoms with van der Waals surface area (Å²) in [6, 6.07) is 12.0.